The second-order valence-electron chi connectivity index (χ2n) is 12.5. The van der Waals surface area contributed by atoms with E-state index in [0.717, 1.165) is 38.5 Å². The smallest absolute Gasteiger partial charge is 0.312 e. The van der Waals surface area contributed by atoms with Crippen LogP contribution in [0.3, 0.4) is 0 Å². The van der Waals surface area contributed by atoms with Crippen LogP contribution in [0, 0.1) is 18.4 Å². The molecule has 264 valence electrons. The van der Waals surface area contributed by atoms with E-state index in [-0.39, 0.29) is 43.0 Å². The molecule has 0 radical (unpaired) electrons. The third-order valence-electron chi connectivity index (χ3n) is 8.64. The number of hydrogen-bond donors (Lipinski definition) is 1. The minimum atomic E-state index is -1.62. The van der Waals surface area contributed by atoms with Gasteiger partial charge in [-0.05, 0) is 12.8 Å². The Morgan fingerprint density at radius 1 is 0.872 bits per heavy atom. The van der Waals surface area contributed by atoms with Crippen LogP contribution in [0.15, 0.2) is 6.33 Å². The Kier molecular flexibility index (Phi) is 19.6. The number of fused-ring (bicyclic) bond motifs is 1. The molecular formula is C36H58FN5O5. The van der Waals surface area contributed by atoms with Crippen LogP contribution >= 0.6 is 0 Å². The number of carbonyl (C=O) groups excluding carboxylic acids is 2. The second-order valence-corrected chi connectivity index (χ2v) is 12.5. The normalized spacial score (nSPS) is 13.3. The summed E-state index contributed by atoms with van der Waals surface area (Å²) in [5.41, 5.74) is 4.54. The number of esters is 2. The zero-order valence-electron chi connectivity index (χ0n) is 29.1. The van der Waals surface area contributed by atoms with Gasteiger partial charge in [-0.15, -0.1) is 6.42 Å². The molecular weight excluding hydrogens is 601 g/mol. The molecule has 0 saturated carbocycles. The quantitative estimate of drug-likeness (QED) is 0.0440. The number of nitrogen functional groups attached to an aromatic ring is 1. The molecule has 0 aliphatic heterocycles. The van der Waals surface area contributed by atoms with Gasteiger partial charge >= 0.3 is 18.0 Å². The Balaban J connectivity index is 2.02. The largest absolute Gasteiger partial charge is 0.461 e. The van der Waals surface area contributed by atoms with E-state index in [0.29, 0.717) is 12.8 Å². The third kappa shape index (κ3) is 14.6. The SMILES string of the molecule is C#CC(COC(=O)CCCCCCCCCCC)(OC)[C@H](Cn1cnc2c(N)nc(F)nc21)OC(=O)CCCCCCCCCCC. The van der Waals surface area contributed by atoms with Gasteiger partial charge < -0.3 is 24.5 Å². The number of hydrogen-bond acceptors (Lipinski definition) is 9. The molecule has 2 N–H and O–H groups in total. The number of imidazole rings is 1. The zero-order chi connectivity index (χ0) is 34.3. The number of carbonyl (C=O) groups is 2. The first-order valence-electron chi connectivity index (χ1n) is 17.8. The van der Waals surface area contributed by atoms with Gasteiger partial charge in [-0.2, -0.15) is 14.4 Å². The van der Waals surface area contributed by atoms with Crippen molar-refractivity contribution in [2.24, 2.45) is 0 Å². The summed E-state index contributed by atoms with van der Waals surface area (Å²) < 4.78 is 32.8. The number of terminal acetylenes is 1. The molecule has 2 rings (SSSR count). The number of nitrogens with zero attached hydrogens (tertiary/aromatic N) is 4. The molecule has 0 amide bonds. The minimum absolute atomic E-state index is 0.0935. The van der Waals surface area contributed by atoms with E-state index in [1.807, 2.05) is 0 Å². The van der Waals surface area contributed by atoms with Crippen LogP contribution < -0.4 is 5.73 Å². The number of methoxy groups -OCH3 is 1. The number of ether oxygens (including phenoxy) is 3. The number of anilines is 1. The summed E-state index contributed by atoms with van der Waals surface area (Å²) in [6.45, 7) is 3.99. The lowest BCUT2D eigenvalue weighted by Gasteiger charge is -2.34. The third-order valence-corrected chi connectivity index (χ3v) is 8.64. The van der Waals surface area contributed by atoms with E-state index < -0.39 is 29.7 Å². The van der Waals surface area contributed by atoms with Crippen molar-refractivity contribution in [3.05, 3.63) is 12.4 Å². The van der Waals surface area contributed by atoms with Crippen molar-refractivity contribution < 1.29 is 28.2 Å². The summed E-state index contributed by atoms with van der Waals surface area (Å²) in [6.07, 6.45) is 25.9. The monoisotopic (exact) mass is 659 g/mol. The average molecular weight is 660 g/mol. The molecule has 11 heteroatoms. The first-order valence-corrected chi connectivity index (χ1v) is 17.8. The van der Waals surface area contributed by atoms with Crippen LogP contribution in [0.5, 0.6) is 0 Å². The molecule has 2 aromatic rings. The molecule has 2 atom stereocenters. The van der Waals surface area contributed by atoms with Gasteiger partial charge in [0.2, 0.25) is 5.60 Å². The maximum atomic E-state index is 14.1. The van der Waals surface area contributed by atoms with E-state index in [1.54, 1.807) is 0 Å². The van der Waals surface area contributed by atoms with Crippen molar-refractivity contribution in [1.29, 1.82) is 0 Å². The molecule has 0 spiro atoms. The van der Waals surface area contributed by atoms with E-state index in [2.05, 4.69) is 34.7 Å². The lowest BCUT2D eigenvalue weighted by molar-refractivity contribution is -0.174. The van der Waals surface area contributed by atoms with Gasteiger partial charge in [0, 0.05) is 20.0 Å². The standard InChI is InChI=1S/C36H58FN5O5/c1-5-8-10-12-14-16-18-20-22-24-30(43)46-27-36(7-3,45-4)29(26-42-28-39-32-33(38)40-35(37)41-34(32)42)47-31(44)25-23-21-19-17-15-13-11-9-6-2/h3,28-29H,5-6,8-27H2,1-2,4H3,(H2,38,40,41)/t29-,36?/m0/s1. The number of nitrogens with two attached hydrogens (primary N) is 1. The fourth-order valence-electron chi connectivity index (χ4n) is 5.64. The van der Waals surface area contributed by atoms with Gasteiger partial charge in [-0.25, -0.2) is 4.98 Å². The average Bonchev–Trinajstić information content (AvgIpc) is 3.46. The summed E-state index contributed by atoms with van der Waals surface area (Å²) in [7, 11) is 1.38. The Labute approximate surface area is 281 Å². The summed E-state index contributed by atoms with van der Waals surface area (Å²) in [6, 6.07) is 0. The number of halogens is 1. The molecule has 0 fully saturated rings. The highest BCUT2D eigenvalue weighted by molar-refractivity contribution is 5.81. The predicted molar refractivity (Wildman–Crippen MR) is 183 cm³/mol. The van der Waals surface area contributed by atoms with Crippen LogP contribution in [0.2, 0.25) is 0 Å². The lowest BCUT2D eigenvalue weighted by atomic mass is 9.97. The van der Waals surface area contributed by atoms with Gasteiger partial charge in [0.15, 0.2) is 17.6 Å². The van der Waals surface area contributed by atoms with Crippen LogP contribution in [-0.2, 0) is 30.3 Å². The minimum Gasteiger partial charge on any atom is -0.461 e. The Morgan fingerprint density at radius 2 is 1.38 bits per heavy atom. The molecule has 1 unspecified atom stereocenters. The molecule has 0 aliphatic rings. The molecule has 0 saturated heterocycles. The fraction of sp³-hybridized carbons (Fsp3) is 0.750. The van der Waals surface area contributed by atoms with Gasteiger partial charge in [0.05, 0.1) is 12.9 Å². The molecule has 0 aliphatic carbocycles. The van der Waals surface area contributed by atoms with E-state index in [1.165, 1.54) is 82.2 Å². The Morgan fingerprint density at radius 3 is 1.89 bits per heavy atom. The van der Waals surface area contributed by atoms with Gasteiger partial charge in [0.25, 0.3) is 0 Å². The maximum Gasteiger partial charge on any atom is 0.312 e. The van der Waals surface area contributed by atoms with Crippen molar-refractivity contribution in [2.45, 2.75) is 161 Å². The van der Waals surface area contributed by atoms with Gasteiger partial charge in [-0.1, -0.05) is 123 Å². The van der Waals surface area contributed by atoms with Crippen molar-refractivity contribution >= 4 is 28.9 Å². The molecule has 2 aromatic heterocycles. The number of unbranched alkanes of at least 4 members (excludes halogenated alkanes) is 16. The Hall–Kier alpha value is -3.26. The molecule has 47 heavy (non-hydrogen) atoms. The highest BCUT2D eigenvalue weighted by Crippen LogP contribution is 2.25. The van der Waals surface area contributed by atoms with E-state index >= 15 is 0 Å². The predicted octanol–water partition coefficient (Wildman–Crippen LogP) is 7.86. The lowest BCUT2D eigenvalue weighted by Crippen LogP contribution is -2.51. The van der Waals surface area contributed by atoms with Crippen molar-refractivity contribution in [3.63, 3.8) is 0 Å². The highest BCUT2D eigenvalue weighted by Gasteiger charge is 2.43. The number of rotatable bonds is 27. The van der Waals surface area contributed by atoms with Gasteiger partial charge in [-0.3, -0.25) is 9.59 Å². The van der Waals surface area contributed by atoms with Gasteiger partial charge in [0.1, 0.15) is 12.1 Å². The molecule has 10 nitrogen and oxygen atoms in total. The maximum absolute atomic E-state index is 14.1. The van der Waals surface area contributed by atoms with E-state index in [4.69, 9.17) is 26.4 Å². The van der Waals surface area contributed by atoms with Crippen molar-refractivity contribution in [2.75, 3.05) is 19.5 Å². The second kappa shape index (κ2) is 23.1. The van der Waals surface area contributed by atoms with Crippen LogP contribution in [0.25, 0.3) is 11.2 Å². The van der Waals surface area contributed by atoms with Crippen molar-refractivity contribution in [1.82, 2.24) is 19.5 Å². The Bertz CT molecular complexity index is 1230. The molecule has 2 heterocycles. The summed E-state index contributed by atoms with van der Waals surface area (Å²) in [5, 5.41) is 0. The van der Waals surface area contributed by atoms with Crippen LogP contribution in [-0.4, -0.2) is 56.9 Å². The number of aromatic nitrogens is 4. The first-order chi connectivity index (χ1) is 22.8. The summed E-state index contributed by atoms with van der Waals surface area (Å²) >= 11 is 0. The summed E-state index contributed by atoms with van der Waals surface area (Å²) in [5.74, 6) is 1.60. The fourth-order valence-corrected chi connectivity index (χ4v) is 5.64. The molecule has 0 bridgehead atoms. The zero-order valence-corrected chi connectivity index (χ0v) is 29.1. The molecule has 0 aromatic carbocycles. The highest BCUT2D eigenvalue weighted by atomic mass is 19.1. The van der Waals surface area contributed by atoms with E-state index in [9.17, 15) is 14.0 Å². The van der Waals surface area contributed by atoms with Crippen molar-refractivity contribution in [3.8, 4) is 12.3 Å². The van der Waals surface area contributed by atoms with Crippen LogP contribution in [0.4, 0.5) is 10.2 Å². The first kappa shape index (κ1) is 39.9. The topological polar surface area (TPSA) is 131 Å². The van der Waals surface area contributed by atoms with Crippen LogP contribution in [0.1, 0.15) is 142 Å². The summed E-state index contributed by atoms with van der Waals surface area (Å²) in [4.78, 5) is 37.4.